The summed E-state index contributed by atoms with van der Waals surface area (Å²) in [5, 5.41) is 9.96. The Labute approximate surface area is 121 Å². The number of aliphatic hydroxyl groups is 1. The Balaban J connectivity index is 4.67. The first-order valence-corrected chi connectivity index (χ1v) is 10.2. The molecule has 7 nitrogen and oxygen atoms in total. The van der Waals surface area contributed by atoms with Gasteiger partial charge in [0.25, 0.3) is 0 Å². The SMILES string of the molecule is CCOP(=O)(CC(O)CP(=O)(OCC)OCC)OCC. The van der Waals surface area contributed by atoms with Gasteiger partial charge in [-0.3, -0.25) is 9.13 Å². The van der Waals surface area contributed by atoms with Gasteiger partial charge in [-0.15, -0.1) is 0 Å². The first-order valence-electron chi connectivity index (χ1n) is 6.79. The standard InChI is InChI=1S/C11H26O7P2/c1-5-15-19(13,16-6-2)9-11(12)10-20(14,17-7-3)18-8-4/h11-12H,5-10H2,1-4H3. The fourth-order valence-corrected chi connectivity index (χ4v) is 5.28. The summed E-state index contributed by atoms with van der Waals surface area (Å²) in [5.41, 5.74) is 0. The van der Waals surface area contributed by atoms with Crippen molar-refractivity contribution in [2.45, 2.75) is 33.8 Å². The van der Waals surface area contributed by atoms with Gasteiger partial charge < -0.3 is 23.2 Å². The Bertz CT molecular complexity index is 296. The van der Waals surface area contributed by atoms with Gasteiger partial charge in [0.05, 0.1) is 44.9 Å². The molecule has 9 heteroatoms. The lowest BCUT2D eigenvalue weighted by Crippen LogP contribution is -2.21. The quantitative estimate of drug-likeness (QED) is 0.549. The first-order chi connectivity index (χ1) is 9.34. The lowest BCUT2D eigenvalue weighted by Gasteiger charge is -2.23. The molecule has 0 saturated heterocycles. The third-order valence-electron chi connectivity index (χ3n) is 2.17. The van der Waals surface area contributed by atoms with Gasteiger partial charge in [-0.05, 0) is 27.7 Å². The van der Waals surface area contributed by atoms with E-state index in [2.05, 4.69) is 0 Å². The van der Waals surface area contributed by atoms with Crippen LogP contribution >= 0.6 is 15.2 Å². The van der Waals surface area contributed by atoms with Crippen LogP contribution in [0, 0.1) is 0 Å². The van der Waals surface area contributed by atoms with Gasteiger partial charge in [-0.2, -0.15) is 0 Å². The first kappa shape index (κ1) is 20.3. The van der Waals surface area contributed by atoms with Crippen molar-refractivity contribution in [3.63, 3.8) is 0 Å². The minimum Gasteiger partial charge on any atom is -0.392 e. The molecule has 0 amide bonds. The fourth-order valence-electron chi connectivity index (χ4n) is 1.65. The normalized spacial score (nSPS) is 13.1. The molecule has 20 heavy (non-hydrogen) atoms. The number of hydrogen-bond acceptors (Lipinski definition) is 7. The Morgan fingerprint density at radius 2 is 1.00 bits per heavy atom. The van der Waals surface area contributed by atoms with Crippen molar-refractivity contribution < 1.29 is 32.3 Å². The van der Waals surface area contributed by atoms with Crippen molar-refractivity contribution in [3.05, 3.63) is 0 Å². The van der Waals surface area contributed by atoms with E-state index < -0.39 is 21.3 Å². The third-order valence-corrected chi connectivity index (χ3v) is 6.52. The molecule has 0 radical (unpaired) electrons. The van der Waals surface area contributed by atoms with Crippen LogP contribution in [0.5, 0.6) is 0 Å². The largest absolute Gasteiger partial charge is 0.392 e. The zero-order chi connectivity index (χ0) is 15.6. The molecular formula is C11H26O7P2. The number of hydrogen-bond donors (Lipinski definition) is 1. The maximum absolute atomic E-state index is 12.2. The van der Waals surface area contributed by atoms with E-state index in [1.807, 2.05) is 0 Å². The highest BCUT2D eigenvalue weighted by atomic mass is 31.2. The molecule has 0 aliphatic heterocycles. The summed E-state index contributed by atoms with van der Waals surface area (Å²) in [6.07, 6.45) is -1.62. The summed E-state index contributed by atoms with van der Waals surface area (Å²) in [6, 6.07) is 0. The molecule has 0 saturated carbocycles. The molecule has 0 aromatic rings. The van der Waals surface area contributed by atoms with Gasteiger partial charge in [0, 0.05) is 0 Å². The molecule has 0 atom stereocenters. The van der Waals surface area contributed by atoms with E-state index in [1.165, 1.54) is 0 Å². The molecule has 1 N–H and O–H groups in total. The van der Waals surface area contributed by atoms with Gasteiger partial charge in [-0.25, -0.2) is 0 Å². The highest BCUT2D eigenvalue weighted by Crippen LogP contribution is 2.53. The molecule has 0 bridgehead atoms. The average molecular weight is 332 g/mol. The molecule has 0 rings (SSSR count). The predicted molar refractivity (Wildman–Crippen MR) is 77.5 cm³/mol. The molecule has 0 fully saturated rings. The Kier molecular flexibility index (Phi) is 10.2. The van der Waals surface area contributed by atoms with E-state index in [-0.39, 0.29) is 38.8 Å². The lowest BCUT2D eigenvalue weighted by molar-refractivity contribution is 0.166. The average Bonchev–Trinajstić information content (AvgIpc) is 2.28. The molecule has 0 aliphatic carbocycles. The van der Waals surface area contributed by atoms with Crippen LogP contribution in [0.3, 0.4) is 0 Å². The summed E-state index contributed by atoms with van der Waals surface area (Å²) < 4.78 is 44.8. The van der Waals surface area contributed by atoms with Crippen LogP contribution in [0.25, 0.3) is 0 Å². The molecule has 122 valence electrons. The van der Waals surface area contributed by atoms with Gasteiger partial charge in [-0.1, -0.05) is 0 Å². The summed E-state index contributed by atoms with van der Waals surface area (Å²) in [7, 11) is -6.76. The van der Waals surface area contributed by atoms with Crippen molar-refractivity contribution in [1.82, 2.24) is 0 Å². The number of aliphatic hydroxyl groups excluding tert-OH is 1. The van der Waals surface area contributed by atoms with Gasteiger partial charge >= 0.3 is 15.2 Å². The fraction of sp³-hybridized carbons (Fsp3) is 1.00. The molecule has 0 spiro atoms. The second kappa shape index (κ2) is 10.1. The molecule has 0 aromatic heterocycles. The van der Waals surface area contributed by atoms with Crippen molar-refractivity contribution >= 4 is 15.2 Å². The second-order valence-electron chi connectivity index (χ2n) is 3.91. The van der Waals surface area contributed by atoms with Gasteiger partial charge in [0.1, 0.15) is 0 Å². The zero-order valence-electron chi connectivity index (χ0n) is 12.6. The second-order valence-corrected chi connectivity index (χ2v) is 8.12. The van der Waals surface area contributed by atoms with E-state index in [1.54, 1.807) is 27.7 Å². The van der Waals surface area contributed by atoms with E-state index in [9.17, 15) is 14.2 Å². The molecule has 0 heterocycles. The highest BCUT2D eigenvalue weighted by molar-refractivity contribution is 7.55. The van der Waals surface area contributed by atoms with Gasteiger partial charge in [0.2, 0.25) is 0 Å². The van der Waals surface area contributed by atoms with E-state index in [0.29, 0.717) is 0 Å². The van der Waals surface area contributed by atoms with Crippen LogP contribution in [-0.2, 0) is 27.2 Å². The predicted octanol–water partition coefficient (Wildman–Crippen LogP) is 2.88. The minimum absolute atomic E-state index is 0.207. The van der Waals surface area contributed by atoms with Crippen LogP contribution in [0.1, 0.15) is 27.7 Å². The Morgan fingerprint density at radius 1 is 0.750 bits per heavy atom. The molecular weight excluding hydrogens is 306 g/mol. The summed E-state index contributed by atoms with van der Waals surface area (Å²) in [5.74, 6) is 0. The molecule has 0 aliphatic rings. The Hall–Kier alpha value is 0.260. The van der Waals surface area contributed by atoms with Crippen molar-refractivity contribution in [1.29, 1.82) is 0 Å². The summed E-state index contributed by atoms with van der Waals surface area (Å²) in [4.78, 5) is 0. The smallest absolute Gasteiger partial charge is 0.333 e. The van der Waals surface area contributed by atoms with Crippen molar-refractivity contribution in [2.75, 3.05) is 38.8 Å². The Morgan fingerprint density at radius 3 is 1.20 bits per heavy atom. The van der Waals surface area contributed by atoms with E-state index >= 15 is 0 Å². The lowest BCUT2D eigenvalue weighted by atomic mass is 10.5. The van der Waals surface area contributed by atoms with Crippen LogP contribution < -0.4 is 0 Å². The monoisotopic (exact) mass is 332 g/mol. The van der Waals surface area contributed by atoms with E-state index in [0.717, 1.165) is 0 Å². The van der Waals surface area contributed by atoms with Crippen LogP contribution in [0.2, 0.25) is 0 Å². The minimum atomic E-state index is -3.38. The van der Waals surface area contributed by atoms with Crippen LogP contribution in [0.4, 0.5) is 0 Å². The maximum atomic E-state index is 12.2. The van der Waals surface area contributed by atoms with Crippen molar-refractivity contribution in [3.8, 4) is 0 Å². The van der Waals surface area contributed by atoms with Gasteiger partial charge in [0.15, 0.2) is 0 Å². The third kappa shape index (κ3) is 7.89. The summed E-state index contributed by atoms with van der Waals surface area (Å²) >= 11 is 0. The maximum Gasteiger partial charge on any atom is 0.333 e. The summed E-state index contributed by atoms with van der Waals surface area (Å²) in [6.45, 7) is 7.56. The van der Waals surface area contributed by atoms with Crippen molar-refractivity contribution in [2.24, 2.45) is 0 Å². The van der Waals surface area contributed by atoms with Crippen LogP contribution in [-0.4, -0.2) is 50.0 Å². The van der Waals surface area contributed by atoms with E-state index in [4.69, 9.17) is 18.1 Å². The molecule has 0 unspecified atom stereocenters. The van der Waals surface area contributed by atoms with Crippen LogP contribution in [0.15, 0.2) is 0 Å². The highest BCUT2D eigenvalue weighted by Gasteiger charge is 2.34. The number of rotatable bonds is 12. The molecule has 0 aromatic carbocycles. The zero-order valence-corrected chi connectivity index (χ0v) is 14.4. The topological polar surface area (TPSA) is 91.3 Å².